The number of methoxy groups -OCH3 is 1. The number of amides is 2. The summed E-state index contributed by atoms with van der Waals surface area (Å²) in [6, 6.07) is 4.62. The zero-order chi connectivity index (χ0) is 51.2. The fourth-order valence-corrected chi connectivity index (χ4v) is 6.03. The smallest absolute Gasteiger partial charge is 0.416 e. The van der Waals surface area contributed by atoms with Crippen LogP contribution < -0.4 is 10.6 Å². The van der Waals surface area contributed by atoms with E-state index in [1.807, 2.05) is 0 Å². The molecule has 0 bridgehead atoms. The van der Waals surface area contributed by atoms with Gasteiger partial charge < -0.3 is 20.5 Å². The molecule has 4 aromatic heterocycles. The molecule has 2 atom stereocenters. The number of ether oxygens (including phenoxy) is 1. The van der Waals surface area contributed by atoms with Crippen molar-refractivity contribution in [2.24, 2.45) is 0 Å². The third-order valence-corrected chi connectivity index (χ3v) is 9.35. The molecule has 0 aliphatic rings. The van der Waals surface area contributed by atoms with Gasteiger partial charge in [-0.2, -0.15) is 52.7 Å². The van der Waals surface area contributed by atoms with E-state index in [1.54, 1.807) is 0 Å². The number of carbonyl (C=O) groups is 4. The zero-order valence-corrected chi connectivity index (χ0v) is 35.1. The molecule has 0 unspecified atom stereocenters. The highest BCUT2D eigenvalue weighted by atomic mass is 19.4. The maximum atomic E-state index is 13.1. The van der Waals surface area contributed by atoms with Gasteiger partial charge in [0.15, 0.2) is 0 Å². The maximum Gasteiger partial charge on any atom is 0.416 e. The van der Waals surface area contributed by atoms with Crippen molar-refractivity contribution in [2.45, 2.75) is 50.6 Å². The minimum atomic E-state index is -5.10. The summed E-state index contributed by atoms with van der Waals surface area (Å²) in [5, 5.41) is 13.6. The summed E-state index contributed by atoms with van der Waals surface area (Å²) in [6.45, 7) is 2.82. The molecule has 0 saturated carbocycles. The van der Waals surface area contributed by atoms with Gasteiger partial charge in [-0.3, -0.25) is 39.5 Å². The van der Waals surface area contributed by atoms with Crippen molar-refractivity contribution >= 4 is 23.8 Å². The van der Waals surface area contributed by atoms with E-state index in [0.29, 0.717) is 24.3 Å². The van der Waals surface area contributed by atoms with Gasteiger partial charge >= 0.3 is 36.6 Å². The van der Waals surface area contributed by atoms with Gasteiger partial charge in [0.1, 0.15) is 11.4 Å². The van der Waals surface area contributed by atoms with E-state index < -0.39 is 93.9 Å². The number of rotatable bonds is 10. The number of benzene rings is 2. The van der Waals surface area contributed by atoms with Gasteiger partial charge in [0, 0.05) is 48.3 Å². The molecule has 0 radical (unpaired) electrons. The largest absolute Gasteiger partial charge is 0.478 e. The summed E-state index contributed by atoms with van der Waals surface area (Å²) in [6.07, 6.45) is -12.9. The molecule has 2 amide bonds. The van der Waals surface area contributed by atoms with Gasteiger partial charge in [-0.1, -0.05) is 0 Å². The molecule has 69 heavy (non-hydrogen) atoms. The van der Waals surface area contributed by atoms with Crippen molar-refractivity contribution in [3.05, 3.63) is 154 Å². The van der Waals surface area contributed by atoms with Gasteiger partial charge in [-0.05, 0) is 74.5 Å². The minimum absolute atomic E-state index is 0.0648. The fraction of sp³-hybridized carbons (Fsp3) is 0.209. The molecule has 0 saturated heterocycles. The van der Waals surface area contributed by atoms with Gasteiger partial charge in [0.05, 0.1) is 75.3 Å². The third-order valence-electron chi connectivity index (χ3n) is 9.35. The Bertz CT molecular complexity index is 2790. The number of pyridine rings is 2. The Hall–Kier alpha value is -8.06. The molecule has 14 nitrogen and oxygen atoms in total. The number of nitrogens with zero attached hydrogens (tertiary/aromatic N) is 6. The van der Waals surface area contributed by atoms with E-state index in [0.717, 1.165) is 6.20 Å². The Kier molecular flexibility index (Phi) is 15.4. The first-order valence-electron chi connectivity index (χ1n) is 19.1. The molecular formula is C43H30F12N8O6. The Morgan fingerprint density at radius 1 is 0.493 bits per heavy atom. The maximum absolute atomic E-state index is 13.1. The lowest BCUT2D eigenvalue weighted by Crippen LogP contribution is -2.28. The summed E-state index contributed by atoms with van der Waals surface area (Å²) in [5.41, 5.74) is -7.08. The Morgan fingerprint density at radius 2 is 0.826 bits per heavy atom. The van der Waals surface area contributed by atoms with Crippen LogP contribution in [0, 0.1) is 0 Å². The monoisotopic (exact) mass is 982 g/mol. The van der Waals surface area contributed by atoms with E-state index in [1.165, 1.54) is 76.2 Å². The van der Waals surface area contributed by atoms with Crippen molar-refractivity contribution in [3.8, 4) is 22.8 Å². The minimum Gasteiger partial charge on any atom is -0.478 e. The van der Waals surface area contributed by atoms with E-state index in [9.17, 15) is 71.9 Å². The molecule has 4 heterocycles. The average molecular weight is 983 g/mol. The highest BCUT2D eigenvalue weighted by Crippen LogP contribution is 2.38. The zero-order valence-electron chi connectivity index (χ0n) is 35.1. The highest BCUT2D eigenvalue weighted by molar-refractivity contribution is 5.96. The van der Waals surface area contributed by atoms with Crippen LogP contribution >= 0.6 is 0 Å². The van der Waals surface area contributed by atoms with Gasteiger partial charge in [-0.25, -0.2) is 9.59 Å². The van der Waals surface area contributed by atoms with Gasteiger partial charge in [0.25, 0.3) is 11.8 Å². The number of halogens is 12. The van der Waals surface area contributed by atoms with Crippen LogP contribution in [0.3, 0.4) is 0 Å². The van der Waals surface area contributed by atoms with E-state index in [-0.39, 0.29) is 57.4 Å². The lowest BCUT2D eigenvalue weighted by Gasteiger charge is -2.18. The van der Waals surface area contributed by atoms with Crippen LogP contribution in [-0.4, -0.2) is 65.9 Å². The number of hydrogen-bond acceptors (Lipinski definition) is 11. The van der Waals surface area contributed by atoms with Crippen molar-refractivity contribution in [2.75, 3.05) is 7.11 Å². The Balaban J connectivity index is 0.000000258. The number of aromatic nitrogens is 6. The Morgan fingerprint density at radius 3 is 1.12 bits per heavy atom. The predicted octanol–water partition coefficient (Wildman–Crippen LogP) is 9.62. The molecular weight excluding hydrogens is 952 g/mol. The summed E-state index contributed by atoms with van der Waals surface area (Å²) in [7, 11) is 1.20. The number of alkyl halides is 12. The predicted molar refractivity (Wildman–Crippen MR) is 213 cm³/mol. The first-order chi connectivity index (χ1) is 32.1. The Labute approximate surface area is 379 Å². The second-order valence-corrected chi connectivity index (χ2v) is 14.2. The summed E-state index contributed by atoms with van der Waals surface area (Å²) in [5.74, 6) is -4.21. The number of carbonyl (C=O) groups excluding carboxylic acids is 3. The number of esters is 1. The van der Waals surface area contributed by atoms with Crippen molar-refractivity contribution < 1.29 is 81.7 Å². The van der Waals surface area contributed by atoms with Gasteiger partial charge in [0.2, 0.25) is 0 Å². The van der Waals surface area contributed by atoms with Crippen LogP contribution in [0.25, 0.3) is 22.8 Å². The lowest BCUT2D eigenvalue weighted by molar-refractivity contribution is -0.144. The van der Waals surface area contributed by atoms with E-state index in [2.05, 4.69) is 45.3 Å². The summed E-state index contributed by atoms with van der Waals surface area (Å²) >= 11 is 0. The summed E-state index contributed by atoms with van der Waals surface area (Å²) < 4.78 is 162. The molecule has 0 aliphatic heterocycles. The molecule has 6 rings (SSSR count). The van der Waals surface area contributed by atoms with E-state index >= 15 is 0 Å². The van der Waals surface area contributed by atoms with Crippen LogP contribution in [0.15, 0.2) is 97.8 Å². The standard InChI is InChI=1S/C22H16F6N4O3.C21H14F6N4O3/c1-11(17-18(30-6-5-29-17)16-4-3-12(10-31-16)20(34)35-2)32-19(33)13-7-14(21(23,24)25)9-15(8-13)22(26,27)28;1-10(16-17(29-5-4-28-16)15-3-2-11(9-30-15)19(33)34)31-18(32)12-6-13(20(22,23)24)8-14(7-12)21(25,26)27/h3-11H,1-2H3,(H,32,33);2-10H,1H3,(H,31,32)(H,33,34)/t11-;10-/m11/s1. The number of carboxylic acid groups (broad SMARTS) is 1. The van der Waals surface area contributed by atoms with Crippen LogP contribution in [-0.2, 0) is 29.4 Å². The van der Waals surface area contributed by atoms with E-state index in [4.69, 9.17) is 5.11 Å². The molecule has 0 aliphatic carbocycles. The average Bonchev–Trinajstić information content (AvgIpc) is 3.30. The number of carboxylic acids is 1. The number of aromatic carboxylic acids is 1. The molecule has 0 fully saturated rings. The summed E-state index contributed by atoms with van der Waals surface area (Å²) in [4.78, 5) is 72.3. The van der Waals surface area contributed by atoms with Crippen LogP contribution in [0.4, 0.5) is 52.7 Å². The molecule has 2 aromatic carbocycles. The second kappa shape index (κ2) is 20.4. The molecule has 362 valence electrons. The number of hydrogen-bond donors (Lipinski definition) is 3. The number of nitrogens with one attached hydrogen (secondary N) is 2. The molecule has 26 heteroatoms. The highest BCUT2D eigenvalue weighted by Gasteiger charge is 2.39. The topological polar surface area (TPSA) is 199 Å². The lowest BCUT2D eigenvalue weighted by atomic mass is 10.0. The molecule has 6 aromatic rings. The quantitative estimate of drug-likeness (QED) is 0.0869. The second-order valence-electron chi connectivity index (χ2n) is 14.2. The first-order valence-corrected chi connectivity index (χ1v) is 19.1. The normalized spacial score (nSPS) is 12.7. The fourth-order valence-electron chi connectivity index (χ4n) is 6.03. The van der Waals surface area contributed by atoms with Crippen LogP contribution in [0.1, 0.15) is 101 Å². The SMILES string of the molecule is COC(=O)c1ccc(-c2nccnc2[C@@H](C)NC(=O)c2cc(C(F)(F)F)cc(C(F)(F)F)c2)nc1.C[C@@H](NC(=O)c1cc(C(F)(F)F)cc(C(F)(F)F)c1)c1nccnc1-c1ccc(C(=O)O)cn1. The molecule has 0 spiro atoms. The molecule has 3 N–H and O–H groups in total. The first kappa shape index (κ1) is 51.9. The van der Waals surface area contributed by atoms with Crippen molar-refractivity contribution in [1.29, 1.82) is 0 Å². The third kappa shape index (κ3) is 13.1. The van der Waals surface area contributed by atoms with Crippen LogP contribution in [0.5, 0.6) is 0 Å². The van der Waals surface area contributed by atoms with Gasteiger partial charge in [-0.15, -0.1) is 0 Å². The van der Waals surface area contributed by atoms with Crippen molar-refractivity contribution in [1.82, 2.24) is 40.5 Å². The van der Waals surface area contributed by atoms with Crippen molar-refractivity contribution in [3.63, 3.8) is 0 Å². The van der Waals surface area contributed by atoms with Crippen LogP contribution in [0.2, 0.25) is 0 Å².